The molecule has 0 saturated heterocycles. The van der Waals surface area contributed by atoms with E-state index in [2.05, 4.69) is 4.72 Å². The number of nitrogens with zero attached hydrogens (tertiary/aromatic N) is 1. The van der Waals surface area contributed by atoms with E-state index in [1.807, 2.05) is 31.1 Å². The number of halogens is 1. The van der Waals surface area contributed by atoms with Crippen LogP contribution in [0.2, 0.25) is 0 Å². The Morgan fingerprint density at radius 2 is 1.62 bits per heavy atom. The summed E-state index contributed by atoms with van der Waals surface area (Å²) in [6.45, 7) is 1.11. The van der Waals surface area contributed by atoms with Crippen molar-refractivity contribution in [1.29, 1.82) is 0 Å². The maximum Gasteiger partial charge on any atom is 0.240 e. The van der Waals surface area contributed by atoms with E-state index in [1.165, 1.54) is 12.8 Å². The SMILES string of the molecule is CN(C)Cc1ccc(S(=O)(=O)NCC2(N)CCCCCC2)cc1.Cl. The molecule has 5 nitrogen and oxygen atoms in total. The lowest BCUT2D eigenvalue weighted by Gasteiger charge is -2.28. The molecule has 1 aliphatic rings. The number of hydrogen-bond donors (Lipinski definition) is 2. The Hall–Kier alpha value is -0.660. The Morgan fingerprint density at radius 1 is 1.08 bits per heavy atom. The highest BCUT2D eigenvalue weighted by Crippen LogP contribution is 2.25. The zero-order valence-electron chi connectivity index (χ0n) is 14.6. The molecule has 0 atom stereocenters. The predicted molar refractivity (Wildman–Crippen MR) is 101 cm³/mol. The van der Waals surface area contributed by atoms with Crippen LogP contribution in [0, 0.1) is 0 Å². The van der Waals surface area contributed by atoms with Gasteiger partial charge in [-0.1, -0.05) is 37.8 Å². The number of rotatable bonds is 6. The molecule has 0 unspecified atom stereocenters. The van der Waals surface area contributed by atoms with Crippen molar-refractivity contribution in [2.24, 2.45) is 5.73 Å². The van der Waals surface area contributed by atoms with Gasteiger partial charge in [0.05, 0.1) is 4.90 Å². The fourth-order valence-electron chi connectivity index (χ4n) is 3.07. The quantitative estimate of drug-likeness (QED) is 0.749. The van der Waals surface area contributed by atoms with E-state index in [-0.39, 0.29) is 12.4 Å². The average Bonchev–Trinajstić information content (AvgIpc) is 2.71. The van der Waals surface area contributed by atoms with Gasteiger partial charge in [0.25, 0.3) is 0 Å². The van der Waals surface area contributed by atoms with Gasteiger partial charge in [0, 0.05) is 18.6 Å². The summed E-state index contributed by atoms with van der Waals surface area (Å²) in [5.74, 6) is 0. The zero-order chi connectivity index (χ0) is 16.9. The van der Waals surface area contributed by atoms with Crippen molar-refractivity contribution in [3.8, 4) is 0 Å². The second kappa shape index (κ2) is 9.15. The minimum Gasteiger partial charge on any atom is -0.324 e. The van der Waals surface area contributed by atoms with Crippen LogP contribution < -0.4 is 10.5 Å². The monoisotopic (exact) mass is 375 g/mol. The first-order valence-corrected chi connectivity index (χ1v) is 9.81. The molecular formula is C17H30ClN3O2S. The smallest absolute Gasteiger partial charge is 0.240 e. The maximum atomic E-state index is 12.5. The van der Waals surface area contributed by atoms with Crippen molar-refractivity contribution in [3.05, 3.63) is 29.8 Å². The summed E-state index contributed by atoms with van der Waals surface area (Å²) in [5, 5.41) is 0. The Balaban J connectivity index is 0.00000288. The Labute approximate surface area is 152 Å². The van der Waals surface area contributed by atoms with Crippen molar-refractivity contribution in [1.82, 2.24) is 9.62 Å². The van der Waals surface area contributed by atoms with Crippen LogP contribution in [0.4, 0.5) is 0 Å². The van der Waals surface area contributed by atoms with E-state index < -0.39 is 15.6 Å². The molecule has 138 valence electrons. The lowest BCUT2D eigenvalue weighted by molar-refractivity contribution is 0.369. The molecule has 0 aliphatic heterocycles. The molecule has 1 fully saturated rings. The first-order valence-electron chi connectivity index (χ1n) is 8.33. The highest BCUT2D eigenvalue weighted by molar-refractivity contribution is 7.89. The molecule has 0 aromatic heterocycles. The van der Waals surface area contributed by atoms with Crippen molar-refractivity contribution in [2.45, 2.75) is 55.5 Å². The summed E-state index contributed by atoms with van der Waals surface area (Å²) >= 11 is 0. The second-order valence-corrected chi connectivity index (χ2v) is 8.75. The third-order valence-corrected chi connectivity index (χ3v) is 5.86. The number of nitrogens with two attached hydrogens (primary N) is 1. The Bertz CT molecular complexity index is 595. The topological polar surface area (TPSA) is 75.4 Å². The maximum absolute atomic E-state index is 12.5. The minimum atomic E-state index is -3.50. The van der Waals surface area contributed by atoms with Crippen LogP contribution in [0.15, 0.2) is 29.2 Å². The van der Waals surface area contributed by atoms with E-state index in [4.69, 9.17) is 5.73 Å². The summed E-state index contributed by atoms with van der Waals surface area (Å²) in [7, 11) is 0.473. The molecule has 3 N–H and O–H groups in total. The fourth-order valence-corrected chi connectivity index (χ4v) is 4.21. The summed E-state index contributed by atoms with van der Waals surface area (Å²) in [6.07, 6.45) is 6.32. The largest absolute Gasteiger partial charge is 0.324 e. The summed E-state index contributed by atoms with van der Waals surface area (Å²) in [6, 6.07) is 7.05. The minimum absolute atomic E-state index is 0. The van der Waals surface area contributed by atoms with Crippen LogP contribution >= 0.6 is 12.4 Å². The first kappa shape index (κ1) is 21.4. The van der Waals surface area contributed by atoms with Gasteiger partial charge < -0.3 is 10.6 Å². The van der Waals surface area contributed by atoms with Gasteiger partial charge in [-0.2, -0.15) is 0 Å². The van der Waals surface area contributed by atoms with E-state index in [1.54, 1.807) is 12.1 Å². The van der Waals surface area contributed by atoms with Gasteiger partial charge in [-0.3, -0.25) is 0 Å². The van der Waals surface area contributed by atoms with Crippen molar-refractivity contribution in [2.75, 3.05) is 20.6 Å². The predicted octanol–water partition coefficient (Wildman–Crippen LogP) is 2.50. The van der Waals surface area contributed by atoms with E-state index in [0.717, 1.165) is 37.8 Å². The normalized spacial score (nSPS) is 18.0. The molecule has 1 aromatic carbocycles. The van der Waals surface area contributed by atoms with E-state index in [9.17, 15) is 8.42 Å². The molecule has 1 aliphatic carbocycles. The van der Waals surface area contributed by atoms with Crippen LogP contribution in [0.3, 0.4) is 0 Å². The van der Waals surface area contributed by atoms with Crippen molar-refractivity contribution >= 4 is 22.4 Å². The van der Waals surface area contributed by atoms with Gasteiger partial charge in [-0.15, -0.1) is 12.4 Å². The van der Waals surface area contributed by atoms with E-state index >= 15 is 0 Å². The van der Waals surface area contributed by atoms with Crippen LogP contribution in [-0.2, 0) is 16.6 Å². The number of nitrogens with one attached hydrogen (secondary N) is 1. The molecular weight excluding hydrogens is 346 g/mol. The molecule has 0 spiro atoms. The molecule has 2 rings (SSSR count). The number of sulfonamides is 1. The Morgan fingerprint density at radius 3 is 2.12 bits per heavy atom. The van der Waals surface area contributed by atoms with E-state index in [0.29, 0.717) is 11.4 Å². The highest BCUT2D eigenvalue weighted by Gasteiger charge is 2.28. The standard InChI is InChI=1S/C17H29N3O2S.ClH/c1-20(2)13-15-7-9-16(10-8-15)23(21,22)19-14-17(18)11-5-3-4-6-12-17;/h7-10,19H,3-6,11-14,18H2,1-2H3;1H. The molecule has 7 heteroatoms. The van der Waals surface area contributed by atoms with Gasteiger partial charge in [0.2, 0.25) is 10.0 Å². The third kappa shape index (κ3) is 6.33. The van der Waals surface area contributed by atoms with Crippen molar-refractivity contribution in [3.63, 3.8) is 0 Å². The molecule has 1 saturated carbocycles. The molecule has 0 bridgehead atoms. The lowest BCUT2D eigenvalue weighted by Crippen LogP contribution is -2.49. The molecule has 0 radical (unpaired) electrons. The lowest BCUT2D eigenvalue weighted by atomic mass is 9.92. The molecule has 0 amide bonds. The number of hydrogen-bond acceptors (Lipinski definition) is 4. The van der Waals surface area contributed by atoms with Crippen LogP contribution in [0.5, 0.6) is 0 Å². The first-order chi connectivity index (χ1) is 10.8. The van der Waals surface area contributed by atoms with Crippen molar-refractivity contribution < 1.29 is 8.42 Å². The molecule has 1 aromatic rings. The summed E-state index contributed by atoms with van der Waals surface area (Å²) in [5.41, 5.74) is 7.07. The average molecular weight is 376 g/mol. The van der Waals surface area contributed by atoms with Gasteiger partial charge >= 0.3 is 0 Å². The number of benzene rings is 1. The van der Waals surface area contributed by atoms with Gasteiger partial charge in [-0.05, 0) is 44.6 Å². The molecule has 0 heterocycles. The zero-order valence-corrected chi connectivity index (χ0v) is 16.3. The Kier molecular flexibility index (Phi) is 8.15. The summed E-state index contributed by atoms with van der Waals surface area (Å²) in [4.78, 5) is 2.35. The fraction of sp³-hybridized carbons (Fsp3) is 0.647. The van der Waals surface area contributed by atoms with Crippen LogP contribution in [0.25, 0.3) is 0 Å². The molecule has 24 heavy (non-hydrogen) atoms. The van der Waals surface area contributed by atoms with Gasteiger partial charge in [0.1, 0.15) is 0 Å². The van der Waals surface area contributed by atoms with Gasteiger partial charge in [0.15, 0.2) is 0 Å². The highest BCUT2D eigenvalue weighted by atomic mass is 35.5. The second-order valence-electron chi connectivity index (χ2n) is 6.98. The van der Waals surface area contributed by atoms with Crippen LogP contribution in [-0.4, -0.2) is 39.5 Å². The van der Waals surface area contributed by atoms with Gasteiger partial charge in [-0.25, -0.2) is 13.1 Å². The third-order valence-electron chi connectivity index (χ3n) is 4.45. The van der Waals surface area contributed by atoms with Crippen LogP contribution in [0.1, 0.15) is 44.1 Å². The summed E-state index contributed by atoms with van der Waals surface area (Å²) < 4.78 is 27.6.